The molecule has 2 rings (SSSR count). The van der Waals surface area contributed by atoms with Gasteiger partial charge in [-0.25, -0.2) is 9.50 Å². The van der Waals surface area contributed by atoms with Gasteiger partial charge in [0.15, 0.2) is 6.61 Å². The molecular weight excluding hydrogens is 244 g/mol. The summed E-state index contributed by atoms with van der Waals surface area (Å²) in [6, 6.07) is 0. The second kappa shape index (κ2) is 5.48. The van der Waals surface area contributed by atoms with E-state index < -0.39 is 0 Å². The molecule has 0 fully saturated rings. The van der Waals surface area contributed by atoms with Crippen LogP contribution in [0.15, 0.2) is 6.33 Å². The standard InChI is InChI=1S/C13H14N4O2/c1-4-7-19-12(18)6-5-11-9(2)16-13-14-8-15-17(13)10(11)3/h1,8H,5-7H2,2-3H3. The molecule has 0 amide bonds. The maximum Gasteiger partial charge on any atom is 0.307 e. The highest BCUT2D eigenvalue weighted by atomic mass is 16.5. The van der Waals surface area contributed by atoms with Crippen LogP contribution in [-0.4, -0.2) is 32.2 Å². The number of carbonyl (C=O) groups excluding carboxylic acids is 1. The summed E-state index contributed by atoms with van der Waals surface area (Å²) in [4.78, 5) is 19.8. The fourth-order valence-corrected chi connectivity index (χ4v) is 1.94. The number of aromatic nitrogens is 4. The molecular formula is C13H14N4O2. The first-order chi connectivity index (χ1) is 9.13. The van der Waals surface area contributed by atoms with Crippen LogP contribution in [0.4, 0.5) is 0 Å². The lowest BCUT2D eigenvalue weighted by molar-refractivity contribution is -0.142. The van der Waals surface area contributed by atoms with Gasteiger partial charge in [0.1, 0.15) is 6.33 Å². The molecule has 6 heteroatoms. The van der Waals surface area contributed by atoms with Gasteiger partial charge in [-0.2, -0.15) is 10.1 Å². The van der Waals surface area contributed by atoms with Crippen molar-refractivity contribution in [2.45, 2.75) is 26.7 Å². The minimum absolute atomic E-state index is 0.0111. The predicted molar refractivity (Wildman–Crippen MR) is 68.4 cm³/mol. The highest BCUT2D eigenvalue weighted by Crippen LogP contribution is 2.15. The van der Waals surface area contributed by atoms with E-state index in [4.69, 9.17) is 11.2 Å². The van der Waals surface area contributed by atoms with Gasteiger partial charge < -0.3 is 4.74 Å². The van der Waals surface area contributed by atoms with Crippen molar-refractivity contribution >= 4 is 11.7 Å². The number of nitrogens with zero attached hydrogens (tertiary/aromatic N) is 4. The molecule has 0 unspecified atom stereocenters. The molecule has 6 nitrogen and oxygen atoms in total. The average Bonchev–Trinajstić information content (AvgIpc) is 2.84. The lowest BCUT2D eigenvalue weighted by Crippen LogP contribution is -2.10. The lowest BCUT2D eigenvalue weighted by Gasteiger charge is -2.09. The summed E-state index contributed by atoms with van der Waals surface area (Å²) in [5.41, 5.74) is 2.77. The van der Waals surface area contributed by atoms with Crippen molar-refractivity contribution in [3.05, 3.63) is 23.3 Å². The van der Waals surface area contributed by atoms with E-state index in [1.165, 1.54) is 6.33 Å². The fourth-order valence-electron chi connectivity index (χ4n) is 1.94. The average molecular weight is 258 g/mol. The van der Waals surface area contributed by atoms with E-state index in [1.54, 1.807) is 4.52 Å². The molecule has 0 radical (unpaired) electrons. The van der Waals surface area contributed by atoms with Gasteiger partial charge in [-0.1, -0.05) is 5.92 Å². The normalized spacial score (nSPS) is 10.4. The first kappa shape index (κ1) is 13.0. The molecule has 19 heavy (non-hydrogen) atoms. The van der Waals surface area contributed by atoms with Crippen molar-refractivity contribution in [1.29, 1.82) is 0 Å². The van der Waals surface area contributed by atoms with Crippen molar-refractivity contribution < 1.29 is 9.53 Å². The largest absolute Gasteiger partial charge is 0.452 e. The highest BCUT2D eigenvalue weighted by molar-refractivity contribution is 5.70. The van der Waals surface area contributed by atoms with Crippen LogP contribution in [0.2, 0.25) is 0 Å². The van der Waals surface area contributed by atoms with E-state index in [0.717, 1.165) is 17.0 Å². The summed E-state index contributed by atoms with van der Waals surface area (Å²) in [5.74, 6) is 2.52. The molecule has 0 aromatic carbocycles. The van der Waals surface area contributed by atoms with Crippen LogP contribution in [-0.2, 0) is 16.0 Å². The predicted octanol–water partition coefficient (Wildman–Crippen LogP) is 0.850. The van der Waals surface area contributed by atoms with Gasteiger partial charge in [0.25, 0.3) is 5.78 Å². The van der Waals surface area contributed by atoms with Crippen LogP contribution < -0.4 is 0 Å². The minimum atomic E-state index is -0.310. The van der Waals surface area contributed by atoms with E-state index in [2.05, 4.69) is 21.0 Å². The number of hydrogen-bond acceptors (Lipinski definition) is 5. The Morgan fingerprint density at radius 1 is 1.53 bits per heavy atom. The molecule has 2 heterocycles. The molecule has 0 aliphatic heterocycles. The van der Waals surface area contributed by atoms with Crippen molar-refractivity contribution in [3.63, 3.8) is 0 Å². The SMILES string of the molecule is C#CCOC(=O)CCc1c(C)nc2ncnn2c1C. The van der Waals surface area contributed by atoms with Crippen LogP contribution in [0.1, 0.15) is 23.4 Å². The first-order valence-corrected chi connectivity index (χ1v) is 5.88. The molecule has 0 aliphatic rings. The van der Waals surface area contributed by atoms with Crippen molar-refractivity contribution in [1.82, 2.24) is 19.6 Å². The summed E-state index contributed by atoms with van der Waals surface area (Å²) >= 11 is 0. The van der Waals surface area contributed by atoms with Gasteiger partial charge in [0.05, 0.1) is 0 Å². The Hall–Kier alpha value is -2.42. The summed E-state index contributed by atoms with van der Waals surface area (Å²) in [7, 11) is 0. The van der Waals surface area contributed by atoms with E-state index in [9.17, 15) is 4.79 Å². The van der Waals surface area contributed by atoms with E-state index >= 15 is 0 Å². The van der Waals surface area contributed by atoms with Crippen molar-refractivity contribution in [3.8, 4) is 12.3 Å². The van der Waals surface area contributed by atoms with E-state index in [1.807, 2.05) is 13.8 Å². The zero-order valence-corrected chi connectivity index (χ0v) is 10.9. The van der Waals surface area contributed by atoms with Gasteiger partial charge in [-0.3, -0.25) is 4.79 Å². The molecule has 0 spiro atoms. The minimum Gasteiger partial charge on any atom is -0.452 e. The topological polar surface area (TPSA) is 69.4 Å². The second-order valence-corrected chi connectivity index (χ2v) is 4.10. The van der Waals surface area contributed by atoms with Crippen LogP contribution in [0.25, 0.3) is 5.78 Å². The van der Waals surface area contributed by atoms with Crippen LogP contribution in [0.5, 0.6) is 0 Å². The summed E-state index contributed by atoms with van der Waals surface area (Å²) in [6.07, 6.45) is 7.30. The highest BCUT2D eigenvalue weighted by Gasteiger charge is 2.12. The fraction of sp³-hybridized carbons (Fsp3) is 0.385. The third-order valence-electron chi connectivity index (χ3n) is 2.88. The quantitative estimate of drug-likeness (QED) is 0.600. The Morgan fingerprint density at radius 3 is 3.05 bits per heavy atom. The lowest BCUT2D eigenvalue weighted by atomic mass is 10.1. The van der Waals surface area contributed by atoms with Crippen LogP contribution in [0.3, 0.4) is 0 Å². The molecule has 0 aliphatic carbocycles. The maximum atomic E-state index is 11.4. The number of hydrogen-bond donors (Lipinski definition) is 0. The Morgan fingerprint density at radius 2 is 2.32 bits per heavy atom. The van der Waals surface area contributed by atoms with Gasteiger partial charge in [-0.05, 0) is 25.8 Å². The Bertz CT molecular complexity index is 654. The number of esters is 1. The van der Waals surface area contributed by atoms with E-state index in [0.29, 0.717) is 12.2 Å². The molecule has 2 aromatic heterocycles. The number of carbonyl (C=O) groups is 1. The van der Waals surface area contributed by atoms with Crippen LogP contribution in [0, 0.1) is 26.2 Å². The number of aryl methyl sites for hydroxylation is 2. The molecule has 0 bridgehead atoms. The smallest absolute Gasteiger partial charge is 0.307 e. The van der Waals surface area contributed by atoms with E-state index in [-0.39, 0.29) is 19.0 Å². The molecule has 0 atom stereocenters. The molecule has 0 saturated carbocycles. The molecule has 98 valence electrons. The number of rotatable bonds is 4. The van der Waals surface area contributed by atoms with Crippen molar-refractivity contribution in [2.24, 2.45) is 0 Å². The number of ether oxygens (including phenoxy) is 1. The van der Waals surface area contributed by atoms with Gasteiger partial charge in [0.2, 0.25) is 0 Å². The number of fused-ring (bicyclic) bond motifs is 1. The summed E-state index contributed by atoms with van der Waals surface area (Å²) in [5, 5.41) is 4.10. The molecule has 2 aromatic rings. The third-order valence-corrected chi connectivity index (χ3v) is 2.88. The Balaban J connectivity index is 2.16. The number of terminal acetylenes is 1. The molecule has 0 saturated heterocycles. The van der Waals surface area contributed by atoms with Gasteiger partial charge >= 0.3 is 5.97 Å². The third kappa shape index (κ3) is 2.71. The first-order valence-electron chi connectivity index (χ1n) is 5.88. The zero-order valence-electron chi connectivity index (χ0n) is 10.9. The Kier molecular flexibility index (Phi) is 3.76. The van der Waals surface area contributed by atoms with Crippen LogP contribution >= 0.6 is 0 Å². The van der Waals surface area contributed by atoms with Crippen molar-refractivity contribution in [2.75, 3.05) is 6.61 Å². The van der Waals surface area contributed by atoms with Gasteiger partial charge in [-0.15, -0.1) is 6.42 Å². The maximum absolute atomic E-state index is 11.4. The Labute approximate surface area is 110 Å². The summed E-state index contributed by atoms with van der Waals surface area (Å²) in [6.45, 7) is 3.83. The zero-order chi connectivity index (χ0) is 13.8. The summed E-state index contributed by atoms with van der Waals surface area (Å²) < 4.78 is 6.50. The monoisotopic (exact) mass is 258 g/mol. The van der Waals surface area contributed by atoms with Gasteiger partial charge in [0, 0.05) is 17.8 Å². The molecule has 0 N–H and O–H groups in total. The second-order valence-electron chi connectivity index (χ2n) is 4.10.